The van der Waals surface area contributed by atoms with Gasteiger partial charge in [-0.25, -0.2) is 22.8 Å². The number of nitrogens with zero attached hydrogens (tertiary/aromatic N) is 2. The van der Waals surface area contributed by atoms with Crippen LogP contribution in [0.5, 0.6) is 0 Å². The number of hydrogen-bond acceptors (Lipinski definition) is 14. The van der Waals surface area contributed by atoms with Gasteiger partial charge in [0.1, 0.15) is 18.8 Å². The molecule has 0 aliphatic carbocycles. The first-order valence-corrected chi connectivity index (χ1v) is 20.2. The molecule has 1 saturated heterocycles. The van der Waals surface area contributed by atoms with Gasteiger partial charge in [-0.2, -0.15) is 0 Å². The van der Waals surface area contributed by atoms with E-state index in [-0.39, 0.29) is 34.4 Å². The van der Waals surface area contributed by atoms with Crippen LogP contribution in [0.1, 0.15) is 50.8 Å². The van der Waals surface area contributed by atoms with Gasteiger partial charge in [0.15, 0.2) is 9.84 Å². The number of ether oxygens (including phenoxy) is 5. The standard InChI is InChI=1S/C43H42N2O14S/c1-27(2)28(3)37(59-43(48)31-20-32(44(49)50)22-33(21-31)45(51)52)24-38-36(26-60(53,54)35-18-12-7-13-19-35)40(55-4)39(58-38)23-34(57-42(47)30-16-10-6-11-17-30)25-56-41(46)29-14-8-5-9-15-29/h5-22,34,36-40H,1,3,23-26H2,2,4H3/t34-,36-,37+,38-,39+,40+/m0/s1. The normalized spacial score (nSPS) is 18.4. The van der Waals surface area contributed by atoms with E-state index in [1.165, 1.54) is 19.2 Å². The number of nitro benzene ring substituents is 2. The van der Waals surface area contributed by atoms with Crippen LogP contribution >= 0.6 is 0 Å². The predicted octanol–water partition coefficient (Wildman–Crippen LogP) is 6.90. The minimum atomic E-state index is -4.03. The molecule has 0 N–H and O–H groups in total. The Kier molecular flexibility index (Phi) is 14.8. The van der Waals surface area contributed by atoms with Gasteiger partial charge in [-0.1, -0.05) is 73.3 Å². The first-order chi connectivity index (χ1) is 28.6. The van der Waals surface area contributed by atoms with Crippen LogP contribution in [0.15, 0.2) is 138 Å². The second kappa shape index (κ2) is 19.9. The Bertz CT molecular complexity index is 2310. The smallest absolute Gasteiger partial charge is 0.339 e. The molecule has 314 valence electrons. The molecule has 0 aromatic heterocycles. The molecule has 0 amide bonds. The van der Waals surface area contributed by atoms with Crippen LogP contribution in [0, 0.1) is 26.1 Å². The third-order valence-electron chi connectivity index (χ3n) is 9.78. The van der Waals surface area contributed by atoms with Gasteiger partial charge in [0.2, 0.25) is 0 Å². The van der Waals surface area contributed by atoms with E-state index in [2.05, 4.69) is 13.2 Å². The van der Waals surface area contributed by atoms with E-state index in [0.29, 0.717) is 11.6 Å². The maximum atomic E-state index is 13.9. The molecule has 1 fully saturated rings. The summed E-state index contributed by atoms with van der Waals surface area (Å²) in [6.07, 6.45) is -5.92. The molecule has 6 atom stereocenters. The molecule has 0 saturated carbocycles. The molecule has 60 heavy (non-hydrogen) atoms. The van der Waals surface area contributed by atoms with Gasteiger partial charge in [-0.15, -0.1) is 0 Å². The van der Waals surface area contributed by atoms with Crippen molar-refractivity contribution in [1.82, 2.24) is 0 Å². The third-order valence-corrected chi connectivity index (χ3v) is 11.6. The lowest BCUT2D eigenvalue weighted by Crippen LogP contribution is -2.38. The zero-order valence-corrected chi connectivity index (χ0v) is 33.4. The summed E-state index contributed by atoms with van der Waals surface area (Å²) in [5.41, 5.74) is -0.935. The predicted molar refractivity (Wildman–Crippen MR) is 216 cm³/mol. The first-order valence-electron chi connectivity index (χ1n) is 18.5. The number of methoxy groups -OCH3 is 1. The fourth-order valence-electron chi connectivity index (χ4n) is 6.71. The molecular formula is C43H42N2O14S. The van der Waals surface area contributed by atoms with E-state index in [1.54, 1.807) is 85.8 Å². The van der Waals surface area contributed by atoms with Gasteiger partial charge in [-0.05, 0) is 48.9 Å². The van der Waals surface area contributed by atoms with Crippen molar-refractivity contribution in [1.29, 1.82) is 0 Å². The van der Waals surface area contributed by atoms with Crippen molar-refractivity contribution in [2.45, 2.75) is 55.2 Å². The van der Waals surface area contributed by atoms with Crippen LogP contribution in [-0.2, 0) is 33.5 Å². The molecule has 1 heterocycles. The van der Waals surface area contributed by atoms with E-state index in [9.17, 15) is 43.0 Å². The number of benzene rings is 4. The third kappa shape index (κ3) is 11.3. The van der Waals surface area contributed by atoms with Crippen molar-refractivity contribution in [3.05, 3.63) is 170 Å². The second-order valence-corrected chi connectivity index (χ2v) is 16.0. The number of carbonyl (C=O) groups is 3. The van der Waals surface area contributed by atoms with E-state index in [1.807, 2.05) is 0 Å². The van der Waals surface area contributed by atoms with Crippen molar-refractivity contribution in [2.24, 2.45) is 5.92 Å². The molecule has 5 rings (SSSR count). The van der Waals surface area contributed by atoms with Crippen LogP contribution < -0.4 is 0 Å². The molecule has 1 aliphatic heterocycles. The fraction of sp³-hybridized carbons (Fsp3) is 0.279. The van der Waals surface area contributed by atoms with E-state index in [0.717, 1.165) is 12.1 Å². The summed E-state index contributed by atoms with van der Waals surface area (Å²) in [6, 6.07) is 26.3. The van der Waals surface area contributed by atoms with Crippen LogP contribution in [0.4, 0.5) is 11.4 Å². The number of esters is 3. The van der Waals surface area contributed by atoms with E-state index in [4.69, 9.17) is 23.7 Å². The minimum absolute atomic E-state index is 0.0196. The van der Waals surface area contributed by atoms with Crippen LogP contribution in [-0.4, -0.2) is 86.2 Å². The molecule has 1 aliphatic rings. The average molecular weight is 843 g/mol. The van der Waals surface area contributed by atoms with Crippen molar-refractivity contribution < 1.29 is 56.3 Å². The first kappa shape index (κ1) is 44.5. The van der Waals surface area contributed by atoms with Crippen LogP contribution in [0.25, 0.3) is 0 Å². The van der Waals surface area contributed by atoms with Crippen molar-refractivity contribution >= 4 is 39.1 Å². The fourth-order valence-corrected chi connectivity index (χ4v) is 8.39. The van der Waals surface area contributed by atoms with Gasteiger partial charge >= 0.3 is 17.9 Å². The molecule has 0 unspecified atom stereocenters. The Morgan fingerprint density at radius 3 is 1.77 bits per heavy atom. The molecule has 0 spiro atoms. The van der Waals surface area contributed by atoms with Crippen molar-refractivity contribution in [3.63, 3.8) is 0 Å². The number of non-ortho nitro benzene ring substituents is 2. The highest BCUT2D eigenvalue weighted by Gasteiger charge is 2.49. The Labute approximate surface area is 345 Å². The summed E-state index contributed by atoms with van der Waals surface area (Å²) >= 11 is 0. The Morgan fingerprint density at radius 1 is 0.733 bits per heavy atom. The highest BCUT2D eigenvalue weighted by atomic mass is 32.2. The highest BCUT2D eigenvalue weighted by molar-refractivity contribution is 7.91. The zero-order valence-electron chi connectivity index (χ0n) is 32.6. The number of nitro groups is 2. The zero-order chi connectivity index (χ0) is 43.6. The molecule has 4 aromatic carbocycles. The van der Waals surface area contributed by atoms with Gasteiger partial charge in [0.25, 0.3) is 11.4 Å². The van der Waals surface area contributed by atoms with Crippen LogP contribution in [0.2, 0.25) is 0 Å². The quantitative estimate of drug-likeness (QED) is 0.0309. The number of rotatable bonds is 19. The lowest BCUT2D eigenvalue weighted by Gasteiger charge is -2.27. The molecule has 0 radical (unpaired) electrons. The summed E-state index contributed by atoms with van der Waals surface area (Å²) in [5, 5.41) is 23.1. The lowest BCUT2D eigenvalue weighted by atomic mass is 9.90. The minimum Gasteiger partial charge on any atom is -0.458 e. The molecule has 4 aromatic rings. The molecule has 16 nitrogen and oxygen atoms in total. The van der Waals surface area contributed by atoms with Gasteiger partial charge in [-0.3, -0.25) is 20.2 Å². The van der Waals surface area contributed by atoms with Gasteiger partial charge < -0.3 is 23.7 Å². The van der Waals surface area contributed by atoms with Crippen molar-refractivity contribution in [3.8, 4) is 0 Å². The van der Waals surface area contributed by atoms with Gasteiger partial charge in [0, 0.05) is 38.0 Å². The monoisotopic (exact) mass is 842 g/mol. The summed E-state index contributed by atoms with van der Waals surface area (Å²) in [7, 11) is -2.68. The Balaban J connectivity index is 1.49. The average Bonchev–Trinajstić information content (AvgIpc) is 3.56. The summed E-state index contributed by atoms with van der Waals surface area (Å²) in [6.45, 7) is 9.08. The summed E-state index contributed by atoms with van der Waals surface area (Å²) in [5.74, 6) is -4.08. The highest BCUT2D eigenvalue weighted by Crippen LogP contribution is 2.38. The Hall–Kier alpha value is -6.56. The van der Waals surface area contributed by atoms with Crippen molar-refractivity contribution in [2.75, 3.05) is 19.5 Å². The maximum Gasteiger partial charge on any atom is 0.339 e. The topological polar surface area (TPSA) is 218 Å². The van der Waals surface area contributed by atoms with E-state index >= 15 is 0 Å². The Morgan fingerprint density at radius 2 is 1.25 bits per heavy atom. The molecule has 0 bridgehead atoms. The molecule has 17 heteroatoms. The lowest BCUT2D eigenvalue weighted by molar-refractivity contribution is -0.394. The molecular weight excluding hydrogens is 801 g/mol. The number of carbonyl (C=O) groups excluding carboxylic acids is 3. The van der Waals surface area contributed by atoms with Crippen LogP contribution in [0.3, 0.4) is 0 Å². The number of sulfone groups is 1. The largest absolute Gasteiger partial charge is 0.458 e. The maximum absolute atomic E-state index is 13.9. The summed E-state index contributed by atoms with van der Waals surface area (Å²) < 4.78 is 57.6. The van der Waals surface area contributed by atoms with Gasteiger partial charge in [0.05, 0.1) is 61.6 Å². The number of hydrogen-bond donors (Lipinski definition) is 0. The van der Waals surface area contributed by atoms with E-state index < -0.39 is 103 Å². The SMILES string of the molecule is C=C(C)C(=C)[C@@H](C[C@@H]1O[C@H](C[C@@H](COC(=O)c2ccccc2)OC(=O)c2ccccc2)[C@H](OC)[C@H]1CS(=O)(=O)c1ccccc1)OC(=O)c1cc([N+](=O)[O-])cc([N+](=O)[O-])c1. The summed E-state index contributed by atoms with van der Waals surface area (Å²) in [4.78, 5) is 61.3. The second-order valence-electron chi connectivity index (χ2n) is 14.0.